The summed E-state index contributed by atoms with van der Waals surface area (Å²) in [5.74, 6) is 1.63. The molecule has 0 bridgehead atoms. The van der Waals surface area contributed by atoms with Crippen LogP contribution in [0.15, 0.2) is 48.5 Å². The summed E-state index contributed by atoms with van der Waals surface area (Å²) in [5.41, 5.74) is 2.62. The van der Waals surface area contributed by atoms with Gasteiger partial charge in [0.1, 0.15) is 5.75 Å². The molecule has 2 aromatic carbocycles. The lowest BCUT2D eigenvalue weighted by molar-refractivity contribution is 0.282. The minimum absolute atomic E-state index is 0.593. The molecule has 0 amide bonds. The quantitative estimate of drug-likeness (QED) is 0.884. The van der Waals surface area contributed by atoms with Crippen LogP contribution in [0.1, 0.15) is 29.9 Å². The van der Waals surface area contributed by atoms with Crippen molar-refractivity contribution in [3.05, 3.63) is 64.7 Å². The van der Waals surface area contributed by atoms with Crippen LogP contribution in [0, 0.1) is 0 Å². The average molecular weight is 302 g/mol. The smallest absolute Gasteiger partial charge is 0.122 e. The average Bonchev–Trinajstić information content (AvgIpc) is 2.48. The minimum atomic E-state index is 0.593. The van der Waals surface area contributed by atoms with E-state index >= 15 is 0 Å². The van der Waals surface area contributed by atoms with Crippen LogP contribution in [-0.2, 0) is 6.54 Å². The topological polar surface area (TPSA) is 21.3 Å². The Bertz CT molecular complexity index is 590. The van der Waals surface area contributed by atoms with Crippen molar-refractivity contribution in [1.82, 2.24) is 5.32 Å². The predicted molar refractivity (Wildman–Crippen MR) is 87.0 cm³/mol. The van der Waals surface area contributed by atoms with Crippen LogP contribution in [0.5, 0.6) is 5.75 Å². The van der Waals surface area contributed by atoms with Crippen molar-refractivity contribution in [3.63, 3.8) is 0 Å². The molecular weight excluding hydrogens is 282 g/mol. The number of rotatable bonds is 5. The van der Waals surface area contributed by atoms with E-state index in [1.54, 1.807) is 7.11 Å². The van der Waals surface area contributed by atoms with Crippen molar-refractivity contribution < 1.29 is 4.74 Å². The van der Waals surface area contributed by atoms with Gasteiger partial charge in [-0.1, -0.05) is 41.9 Å². The Morgan fingerprint density at radius 3 is 2.52 bits per heavy atom. The SMILES string of the molecule is COc1ccccc1C1CC(NCc2ccc(Cl)cc2)C1. The maximum atomic E-state index is 5.90. The molecule has 0 atom stereocenters. The minimum Gasteiger partial charge on any atom is -0.496 e. The third-order valence-electron chi connectivity index (χ3n) is 4.22. The lowest BCUT2D eigenvalue weighted by atomic mass is 9.75. The van der Waals surface area contributed by atoms with Gasteiger partial charge in [-0.05, 0) is 48.1 Å². The molecule has 1 fully saturated rings. The number of hydrogen-bond acceptors (Lipinski definition) is 2. The third-order valence-corrected chi connectivity index (χ3v) is 4.48. The van der Waals surface area contributed by atoms with E-state index < -0.39 is 0 Å². The number of para-hydroxylation sites is 1. The molecule has 1 N–H and O–H groups in total. The van der Waals surface area contributed by atoms with E-state index in [4.69, 9.17) is 16.3 Å². The number of benzene rings is 2. The number of ether oxygens (including phenoxy) is 1. The van der Waals surface area contributed by atoms with Crippen molar-refractivity contribution in [2.75, 3.05) is 7.11 Å². The Labute approximate surface area is 131 Å². The van der Waals surface area contributed by atoms with Crippen LogP contribution in [0.2, 0.25) is 5.02 Å². The van der Waals surface area contributed by atoms with Gasteiger partial charge in [-0.3, -0.25) is 0 Å². The molecule has 1 aliphatic rings. The first-order chi connectivity index (χ1) is 10.3. The van der Waals surface area contributed by atoms with Crippen LogP contribution in [0.3, 0.4) is 0 Å². The molecule has 3 heteroatoms. The molecule has 2 nitrogen and oxygen atoms in total. The van der Waals surface area contributed by atoms with Crippen LogP contribution < -0.4 is 10.1 Å². The Morgan fingerprint density at radius 2 is 1.81 bits per heavy atom. The van der Waals surface area contributed by atoms with Crippen molar-refractivity contribution in [2.24, 2.45) is 0 Å². The van der Waals surface area contributed by atoms with Gasteiger partial charge >= 0.3 is 0 Å². The molecule has 21 heavy (non-hydrogen) atoms. The molecule has 0 aromatic heterocycles. The van der Waals surface area contributed by atoms with E-state index in [1.165, 1.54) is 24.0 Å². The molecule has 1 saturated carbocycles. The van der Waals surface area contributed by atoms with Gasteiger partial charge in [-0.2, -0.15) is 0 Å². The molecule has 3 rings (SSSR count). The van der Waals surface area contributed by atoms with Crippen molar-refractivity contribution in [1.29, 1.82) is 0 Å². The van der Waals surface area contributed by atoms with Gasteiger partial charge in [-0.15, -0.1) is 0 Å². The van der Waals surface area contributed by atoms with Crippen molar-refractivity contribution in [2.45, 2.75) is 31.3 Å². The number of methoxy groups -OCH3 is 1. The van der Waals surface area contributed by atoms with Crippen LogP contribution in [-0.4, -0.2) is 13.2 Å². The maximum absolute atomic E-state index is 5.90. The van der Waals surface area contributed by atoms with Gasteiger partial charge in [0, 0.05) is 17.6 Å². The second-order valence-corrected chi connectivity index (χ2v) is 6.05. The Kier molecular flexibility index (Phi) is 4.47. The first-order valence-electron chi connectivity index (χ1n) is 7.37. The lowest BCUT2D eigenvalue weighted by Gasteiger charge is -2.37. The second kappa shape index (κ2) is 6.50. The predicted octanol–water partition coefficient (Wildman–Crippen LogP) is 4.38. The monoisotopic (exact) mass is 301 g/mol. The van der Waals surface area contributed by atoms with Crippen LogP contribution in [0.25, 0.3) is 0 Å². The first-order valence-corrected chi connectivity index (χ1v) is 7.75. The third kappa shape index (κ3) is 3.39. The molecule has 0 heterocycles. The van der Waals surface area contributed by atoms with Crippen molar-refractivity contribution in [3.8, 4) is 5.75 Å². The summed E-state index contributed by atoms with van der Waals surface area (Å²) in [7, 11) is 1.74. The molecule has 0 saturated heterocycles. The standard InChI is InChI=1S/C18H20ClNO/c1-21-18-5-3-2-4-17(18)14-10-16(11-14)20-12-13-6-8-15(19)9-7-13/h2-9,14,16,20H,10-12H2,1H3. The molecule has 0 unspecified atom stereocenters. The zero-order valence-corrected chi connectivity index (χ0v) is 12.9. The normalized spacial score (nSPS) is 20.9. The summed E-state index contributed by atoms with van der Waals surface area (Å²) in [4.78, 5) is 0. The summed E-state index contributed by atoms with van der Waals surface area (Å²) in [6, 6.07) is 17.0. The second-order valence-electron chi connectivity index (χ2n) is 5.61. The maximum Gasteiger partial charge on any atom is 0.122 e. The van der Waals surface area contributed by atoms with E-state index in [-0.39, 0.29) is 0 Å². The number of halogens is 1. The summed E-state index contributed by atoms with van der Waals surface area (Å²) >= 11 is 5.90. The van der Waals surface area contributed by atoms with Crippen molar-refractivity contribution >= 4 is 11.6 Å². The Balaban J connectivity index is 1.50. The molecule has 0 aliphatic heterocycles. The summed E-state index contributed by atoms with van der Waals surface area (Å²) in [6.45, 7) is 0.903. The zero-order valence-electron chi connectivity index (χ0n) is 12.2. The highest BCUT2D eigenvalue weighted by atomic mass is 35.5. The van der Waals surface area contributed by atoms with Crippen LogP contribution in [0.4, 0.5) is 0 Å². The lowest BCUT2D eigenvalue weighted by Crippen LogP contribution is -2.39. The van der Waals surface area contributed by atoms with Gasteiger partial charge in [0.05, 0.1) is 7.11 Å². The largest absolute Gasteiger partial charge is 0.496 e. The van der Waals surface area contributed by atoms with E-state index in [0.29, 0.717) is 12.0 Å². The number of nitrogens with one attached hydrogen (secondary N) is 1. The highest BCUT2D eigenvalue weighted by Gasteiger charge is 2.31. The van der Waals surface area contributed by atoms with E-state index in [1.807, 2.05) is 24.3 Å². The Hall–Kier alpha value is -1.51. The summed E-state index contributed by atoms with van der Waals surface area (Å²) in [6.07, 6.45) is 2.35. The highest BCUT2D eigenvalue weighted by Crippen LogP contribution is 2.40. The first kappa shape index (κ1) is 14.4. The van der Waals surface area contributed by atoms with Crippen LogP contribution >= 0.6 is 11.6 Å². The molecule has 2 aromatic rings. The molecule has 0 radical (unpaired) electrons. The van der Waals surface area contributed by atoms with Gasteiger partial charge in [0.25, 0.3) is 0 Å². The highest BCUT2D eigenvalue weighted by molar-refractivity contribution is 6.30. The van der Waals surface area contributed by atoms with E-state index in [2.05, 4.69) is 29.6 Å². The number of hydrogen-bond donors (Lipinski definition) is 1. The fraction of sp³-hybridized carbons (Fsp3) is 0.333. The van der Waals surface area contributed by atoms with Gasteiger partial charge in [-0.25, -0.2) is 0 Å². The molecule has 0 spiro atoms. The molecular formula is C18H20ClNO. The summed E-state index contributed by atoms with van der Waals surface area (Å²) < 4.78 is 5.45. The van der Waals surface area contributed by atoms with Gasteiger partial charge in [0.15, 0.2) is 0 Å². The van der Waals surface area contributed by atoms with Gasteiger partial charge < -0.3 is 10.1 Å². The van der Waals surface area contributed by atoms with E-state index in [0.717, 1.165) is 17.3 Å². The van der Waals surface area contributed by atoms with E-state index in [9.17, 15) is 0 Å². The molecule has 1 aliphatic carbocycles. The molecule has 110 valence electrons. The fourth-order valence-electron chi connectivity index (χ4n) is 2.91. The van der Waals surface area contributed by atoms with Gasteiger partial charge in [0.2, 0.25) is 0 Å². The fourth-order valence-corrected chi connectivity index (χ4v) is 3.03. The summed E-state index contributed by atoms with van der Waals surface area (Å²) in [5, 5.41) is 4.40. The zero-order chi connectivity index (χ0) is 14.7. The Morgan fingerprint density at radius 1 is 1.10 bits per heavy atom.